The zero-order valence-electron chi connectivity index (χ0n) is 13.9. The first kappa shape index (κ1) is 17.5. The Morgan fingerprint density at radius 3 is 2.64 bits per heavy atom. The van der Waals surface area contributed by atoms with Gasteiger partial charge in [-0.2, -0.15) is 0 Å². The van der Waals surface area contributed by atoms with Crippen LogP contribution in [0.25, 0.3) is 5.76 Å². The fourth-order valence-electron chi connectivity index (χ4n) is 2.88. The summed E-state index contributed by atoms with van der Waals surface area (Å²) in [5.41, 5.74) is 2.35. The van der Waals surface area contributed by atoms with E-state index in [4.69, 9.17) is 9.47 Å². The average Bonchev–Trinajstić information content (AvgIpc) is 3.07. The predicted octanol–water partition coefficient (Wildman–Crippen LogP) is 5.09. The molecule has 0 N–H and O–H groups in total. The van der Waals surface area contributed by atoms with Crippen molar-refractivity contribution >= 4 is 27.7 Å². The Bertz CT molecular complexity index is 811. The molecule has 3 nitrogen and oxygen atoms in total. The maximum Gasteiger partial charge on any atom is 0.337 e. The number of rotatable bonds is 5. The van der Waals surface area contributed by atoms with E-state index < -0.39 is 12.1 Å². The molecule has 2 aromatic carbocycles. The van der Waals surface area contributed by atoms with Crippen LogP contribution in [0.5, 0.6) is 0 Å². The van der Waals surface area contributed by atoms with E-state index in [2.05, 4.69) is 22.5 Å². The zero-order chi connectivity index (χ0) is 17.8. The number of benzene rings is 2. The van der Waals surface area contributed by atoms with Gasteiger partial charge in [-0.05, 0) is 30.7 Å². The highest BCUT2D eigenvalue weighted by atomic mass is 79.9. The lowest BCUT2D eigenvalue weighted by Crippen LogP contribution is -2.24. The molecule has 1 aliphatic heterocycles. The molecule has 1 aliphatic rings. The highest BCUT2D eigenvalue weighted by molar-refractivity contribution is 9.10. The maximum atomic E-state index is 12.2. The summed E-state index contributed by atoms with van der Waals surface area (Å²) >= 11 is 3.50. The highest BCUT2D eigenvalue weighted by Crippen LogP contribution is 2.40. The second-order valence-corrected chi connectivity index (χ2v) is 6.68. The molecule has 0 radical (unpaired) electrons. The Kier molecular flexibility index (Phi) is 5.39. The van der Waals surface area contributed by atoms with Gasteiger partial charge < -0.3 is 9.47 Å². The predicted molar refractivity (Wildman–Crippen MR) is 102 cm³/mol. The quantitative estimate of drug-likeness (QED) is 0.519. The van der Waals surface area contributed by atoms with Crippen molar-refractivity contribution in [3.8, 4) is 0 Å². The molecule has 0 fully saturated rings. The Labute approximate surface area is 156 Å². The molecule has 3 rings (SSSR count). The minimum absolute atomic E-state index is 0.107. The molecule has 0 aliphatic carbocycles. The summed E-state index contributed by atoms with van der Waals surface area (Å²) < 4.78 is 12.2. The summed E-state index contributed by atoms with van der Waals surface area (Å²) in [4.78, 5) is 12.2. The normalized spacial score (nSPS) is 19.0. The summed E-state index contributed by atoms with van der Waals surface area (Å²) in [6, 6.07) is 17.8. The van der Waals surface area contributed by atoms with Crippen LogP contribution in [0.3, 0.4) is 0 Å². The van der Waals surface area contributed by atoms with Gasteiger partial charge >= 0.3 is 5.97 Å². The largest absolute Gasteiger partial charge is 0.484 e. The van der Waals surface area contributed by atoms with E-state index in [1.165, 1.54) is 0 Å². The Morgan fingerprint density at radius 2 is 1.96 bits per heavy atom. The van der Waals surface area contributed by atoms with Crippen LogP contribution in [0.1, 0.15) is 24.0 Å². The third-order valence-corrected chi connectivity index (χ3v) is 4.58. The first-order valence-electron chi connectivity index (χ1n) is 8.15. The van der Waals surface area contributed by atoms with Crippen LogP contribution in [0.2, 0.25) is 0 Å². The molecule has 2 atom stereocenters. The molecule has 0 bridgehead atoms. The van der Waals surface area contributed by atoms with Gasteiger partial charge in [0.15, 0.2) is 0 Å². The molecule has 4 heteroatoms. The Hall–Kier alpha value is -2.33. The van der Waals surface area contributed by atoms with E-state index in [9.17, 15) is 4.79 Å². The summed E-state index contributed by atoms with van der Waals surface area (Å²) in [5.74, 6) is 0.223. The SMILES string of the molecule is C=C(C(=O)OCC)[C@H]1OC(c2ccccc2)=C[C@@H]1c1cccc(Br)c1. The van der Waals surface area contributed by atoms with Crippen LogP contribution in [-0.2, 0) is 14.3 Å². The van der Waals surface area contributed by atoms with Crippen LogP contribution in [0.4, 0.5) is 0 Å². The summed E-state index contributed by atoms with van der Waals surface area (Å²) in [5, 5.41) is 0. The number of hydrogen-bond donors (Lipinski definition) is 0. The van der Waals surface area contributed by atoms with Crippen LogP contribution in [0, 0.1) is 0 Å². The third kappa shape index (κ3) is 3.85. The molecular weight excluding hydrogens is 380 g/mol. The lowest BCUT2D eigenvalue weighted by Gasteiger charge is -2.21. The van der Waals surface area contributed by atoms with Gasteiger partial charge in [-0.15, -0.1) is 0 Å². The Balaban J connectivity index is 1.97. The van der Waals surface area contributed by atoms with Crippen molar-refractivity contribution in [2.45, 2.75) is 18.9 Å². The molecule has 0 saturated carbocycles. The topological polar surface area (TPSA) is 35.5 Å². The number of carbonyl (C=O) groups is 1. The van der Waals surface area contributed by atoms with Crippen molar-refractivity contribution in [1.29, 1.82) is 0 Å². The molecule has 0 saturated heterocycles. The standard InChI is InChI=1S/C21H19BrO3/c1-3-24-21(23)14(2)20-18(16-10-7-11-17(22)12-16)13-19(25-20)15-8-5-4-6-9-15/h4-13,18,20H,2-3H2,1H3/t18-,20-/m1/s1. The van der Waals surface area contributed by atoms with Gasteiger partial charge in [0.25, 0.3) is 0 Å². The van der Waals surface area contributed by atoms with Crippen LogP contribution in [0.15, 0.2) is 77.3 Å². The van der Waals surface area contributed by atoms with Gasteiger partial charge in [-0.25, -0.2) is 4.79 Å². The average molecular weight is 399 g/mol. The molecule has 1 heterocycles. The summed E-state index contributed by atoms with van der Waals surface area (Å²) in [6.07, 6.45) is 1.56. The molecule has 0 amide bonds. The first-order chi connectivity index (χ1) is 12.1. The van der Waals surface area contributed by atoms with Gasteiger partial charge in [-0.1, -0.05) is 65.0 Å². The fourth-order valence-corrected chi connectivity index (χ4v) is 3.30. The Morgan fingerprint density at radius 1 is 1.20 bits per heavy atom. The van der Waals surface area contributed by atoms with Crippen LogP contribution < -0.4 is 0 Å². The van der Waals surface area contributed by atoms with Crippen molar-refractivity contribution in [3.05, 3.63) is 88.4 Å². The van der Waals surface area contributed by atoms with E-state index >= 15 is 0 Å². The third-order valence-electron chi connectivity index (χ3n) is 4.08. The van der Waals surface area contributed by atoms with Crippen LogP contribution >= 0.6 is 15.9 Å². The summed E-state index contributed by atoms with van der Waals surface area (Å²) in [7, 11) is 0. The molecule has 0 aromatic heterocycles. The van der Waals surface area contributed by atoms with Gasteiger partial charge in [0.1, 0.15) is 11.9 Å². The lowest BCUT2D eigenvalue weighted by molar-refractivity contribution is -0.139. The van der Waals surface area contributed by atoms with Crippen molar-refractivity contribution in [3.63, 3.8) is 0 Å². The number of hydrogen-bond acceptors (Lipinski definition) is 3. The molecule has 128 valence electrons. The smallest absolute Gasteiger partial charge is 0.337 e. The molecule has 2 aromatic rings. The number of carbonyl (C=O) groups excluding carboxylic acids is 1. The van der Waals surface area contributed by atoms with Gasteiger partial charge in [0.2, 0.25) is 0 Å². The van der Waals surface area contributed by atoms with Crippen molar-refractivity contribution < 1.29 is 14.3 Å². The number of halogens is 1. The van der Waals surface area contributed by atoms with E-state index in [-0.39, 0.29) is 5.92 Å². The lowest BCUT2D eigenvalue weighted by atomic mass is 9.90. The van der Waals surface area contributed by atoms with Gasteiger partial charge in [0.05, 0.1) is 12.2 Å². The second kappa shape index (κ2) is 7.70. The molecule has 0 spiro atoms. The zero-order valence-corrected chi connectivity index (χ0v) is 15.5. The second-order valence-electron chi connectivity index (χ2n) is 5.76. The van der Waals surface area contributed by atoms with E-state index in [0.717, 1.165) is 21.4 Å². The van der Waals surface area contributed by atoms with Crippen molar-refractivity contribution in [2.24, 2.45) is 0 Å². The fraction of sp³-hybridized carbons (Fsp3) is 0.190. The number of esters is 1. The van der Waals surface area contributed by atoms with Crippen LogP contribution in [-0.4, -0.2) is 18.7 Å². The summed E-state index contributed by atoms with van der Waals surface area (Å²) in [6.45, 7) is 6.03. The van der Waals surface area contributed by atoms with E-state index in [1.54, 1.807) is 6.92 Å². The minimum Gasteiger partial charge on any atom is -0.484 e. The first-order valence-corrected chi connectivity index (χ1v) is 8.94. The van der Waals surface area contributed by atoms with Crippen molar-refractivity contribution in [1.82, 2.24) is 0 Å². The maximum absolute atomic E-state index is 12.2. The monoisotopic (exact) mass is 398 g/mol. The minimum atomic E-state index is -0.483. The van der Waals surface area contributed by atoms with Gasteiger partial charge in [0, 0.05) is 16.0 Å². The molecule has 25 heavy (non-hydrogen) atoms. The van der Waals surface area contributed by atoms with Gasteiger partial charge in [-0.3, -0.25) is 0 Å². The number of ether oxygens (including phenoxy) is 2. The molecular formula is C21H19BrO3. The van der Waals surface area contributed by atoms with E-state index in [0.29, 0.717) is 12.2 Å². The van der Waals surface area contributed by atoms with E-state index in [1.807, 2.05) is 60.7 Å². The molecule has 0 unspecified atom stereocenters. The van der Waals surface area contributed by atoms with Crippen molar-refractivity contribution in [2.75, 3.05) is 6.61 Å². The highest BCUT2D eigenvalue weighted by Gasteiger charge is 2.36.